The van der Waals surface area contributed by atoms with Crippen molar-refractivity contribution in [3.63, 3.8) is 0 Å². The van der Waals surface area contributed by atoms with Crippen LogP contribution in [-0.2, 0) is 0 Å². The van der Waals surface area contributed by atoms with Crippen LogP contribution in [0.2, 0.25) is 0 Å². The number of rotatable bonds is 11. The van der Waals surface area contributed by atoms with Gasteiger partial charge in [0, 0.05) is 0 Å². The monoisotopic (exact) mass is 294 g/mol. The molecule has 0 aliphatic carbocycles. The SMILES string of the molecule is CCC(C)C(CCC(O)O)(CCC(O)O)CCC(O)O. The first-order chi connectivity index (χ1) is 9.23. The molecule has 0 aliphatic rings. The predicted molar refractivity (Wildman–Crippen MR) is 74.3 cm³/mol. The molecule has 122 valence electrons. The maximum absolute atomic E-state index is 9.08. The van der Waals surface area contributed by atoms with Crippen LogP contribution in [0.5, 0.6) is 0 Å². The summed E-state index contributed by atoms with van der Waals surface area (Å²) in [7, 11) is 0. The van der Waals surface area contributed by atoms with E-state index >= 15 is 0 Å². The molecule has 1 unspecified atom stereocenters. The van der Waals surface area contributed by atoms with Crippen molar-refractivity contribution in [2.75, 3.05) is 0 Å². The smallest absolute Gasteiger partial charge is 0.151 e. The maximum Gasteiger partial charge on any atom is 0.151 e. The van der Waals surface area contributed by atoms with Gasteiger partial charge in [-0.3, -0.25) is 0 Å². The molecule has 0 heterocycles. The van der Waals surface area contributed by atoms with Crippen LogP contribution < -0.4 is 0 Å². The molecule has 6 nitrogen and oxygen atoms in total. The summed E-state index contributed by atoms with van der Waals surface area (Å²) >= 11 is 0. The van der Waals surface area contributed by atoms with E-state index in [4.69, 9.17) is 30.6 Å². The minimum absolute atomic E-state index is 0.188. The second kappa shape index (κ2) is 9.65. The Morgan fingerprint density at radius 3 is 1.20 bits per heavy atom. The third-order valence-electron chi connectivity index (χ3n) is 4.36. The molecule has 0 aromatic rings. The van der Waals surface area contributed by atoms with Crippen LogP contribution in [0.3, 0.4) is 0 Å². The molecule has 0 radical (unpaired) electrons. The highest BCUT2D eigenvalue weighted by Gasteiger charge is 2.35. The number of hydrogen-bond acceptors (Lipinski definition) is 6. The largest absolute Gasteiger partial charge is 0.368 e. The first-order valence-corrected chi connectivity index (χ1v) is 7.32. The average molecular weight is 294 g/mol. The summed E-state index contributed by atoms with van der Waals surface area (Å²) in [5, 5.41) is 54.5. The van der Waals surface area contributed by atoms with Gasteiger partial charge < -0.3 is 30.6 Å². The normalized spacial score (nSPS) is 14.6. The van der Waals surface area contributed by atoms with Crippen LogP contribution in [-0.4, -0.2) is 49.5 Å². The van der Waals surface area contributed by atoms with Crippen LogP contribution in [0, 0.1) is 11.3 Å². The van der Waals surface area contributed by atoms with E-state index in [-0.39, 0.29) is 30.6 Å². The van der Waals surface area contributed by atoms with E-state index < -0.39 is 18.9 Å². The van der Waals surface area contributed by atoms with Crippen LogP contribution in [0.25, 0.3) is 0 Å². The highest BCUT2D eigenvalue weighted by Crippen LogP contribution is 2.44. The summed E-state index contributed by atoms with van der Waals surface area (Å²) in [6.07, 6.45) is -1.31. The fourth-order valence-corrected chi connectivity index (χ4v) is 2.80. The summed E-state index contributed by atoms with van der Waals surface area (Å²) in [4.78, 5) is 0. The van der Waals surface area contributed by atoms with Crippen molar-refractivity contribution in [2.45, 2.75) is 77.7 Å². The van der Waals surface area contributed by atoms with Gasteiger partial charge in [0.2, 0.25) is 0 Å². The van der Waals surface area contributed by atoms with Crippen LogP contribution in [0.15, 0.2) is 0 Å². The van der Waals surface area contributed by atoms with Gasteiger partial charge >= 0.3 is 0 Å². The van der Waals surface area contributed by atoms with E-state index in [0.29, 0.717) is 19.3 Å². The second-order valence-corrected chi connectivity index (χ2v) is 5.73. The number of aliphatic hydroxyl groups is 6. The van der Waals surface area contributed by atoms with Gasteiger partial charge in [-0.1, -0.05) is 20.3 Å². The van der Waals surface area contributed by atoms with Crippen molar-refractivity contribution in [3.8, 4) is 0 Å². The summed E-state index contributed by atoms with van der Waals surface area (Å²) < 4.78 is 0. The Balaban J connectivity index is 4.94. The minimum atomic E-state index is -1.41. The average Bonchev–Trinajstić information content (AvgIpc) is 2.36. The van der Waals surface area contributed by atoms with Gasteiger partial charge in [-0.15, -0.1) is 0 Å². The Morgan fingerprint density at radius 1 is 0.700 bits per heavy atom. The van der Waals surface area contributed by atoms with Crippen LogP contribution >= 0.6 is 0 Å². The molecule has 0 aromatic carbocycles. The van der Waals surface area contributed by atoms with Crippen LogP contribution in [0.4, 0.5) is 0 Å². The summed E-state index contributed by atoms with van der Waals surface area (Å²) in [5.41, 5.74) is -0.355. The van der Waals surface area contributed by atoms with Gasteiger partial charge in [-0.2, -0.15) is 0 Å². The van der Waals surface area contributed by atoms with Crippen molar-refractivity contribution >= 4 is 0 Å². The molecule has 0 spiro atoms. The molecule has 0 amide bonds. The quantitative estimate of drug-likeness (QED) is 0.305. The van der Waals surface area contributed by atoms with Crippen molar-refractivity contribution in [1.82, 2.24) is 0 Å². The summed E-state index contributed by atoms with van der Waals surface area (Å²) in [5.74, 6) is 0.207. The lowest BCUT2D eigenvalue weighted by molar-refractivity contribution is -0.0838. The van der Waals surface area contributed by atoms with Crippen molar-refractivity contribution in [1.29, 1.82) is 0 Å². The molecule has 0 fully saturated rings. The fourth-order valence-electron chi connectivity index (χ4n) is 2.80. The Hall–Kier alpha value is -0.240. The Kier molecular flexibility index (Phi) is 9.54. The maximum atomic E-state index is 9.08. The van der Waals surface area contributed by atoms with Gasteiger partial charge in [-0.25, -0.2) is 0 Å². The van der Waals surface area contributed by atoms with E-state index in [1.807, 2.05) is 13.8 Å². The standard InChI is InChI=1S/C14H30O6/c1-3-10(2)14(7-4-11(15)16,8-5-12(17)18)9-6-13(19)20/h10-13,15-20H,3-9H2,1-2H3. The van der Waals surface area contributed by atoms with Crippen LogP contribution in [0.1, 0.15) is 58.8 Å². The molecule has 0 bridgehead atoms. The number of hydrogen-bond donors (Lipinski definition) is 6. The first kappa shape index (κ1) is 19.8. The zero-order chi connectivity index (χ0) is 15.8. The Labute approximate surface area is 120 Å². The van der Waals surface area contributed by atoms with E-state index in [1.54, 1.807) is 0 Å². The fraction of sp³-hybridized carbons (Fsp3) is 1.00. The molecule has 0 aliphatic heterocycles. The third kappa shape index (κ3) is 7.52. The highest BCUT2D eigenvalue weighted by molar-refractivity contribution is 4.85. The predicted octanol–water partition coefficient (Wildman–Crippen LogP) is 0.292. The van der Waals surface area contributed by atoms with E-state index in [0.717, 1.165) is 6.42 Å². The van der Waals surface area contributed by atoms with E-state index in [1.165, 1.54) is 0 Å². The third-order valence-corrected chi connectivity index (χ3v) is 4.36. The summed E-state index contributed by atoms with van der Waals surface area (Å²) in [6.45, 7) is 4.04. The molecule has 20 heavy (non-hydrogen) atoms. The van der Waals surface area contributed by atoms with Crippen molar-refractivity contribution in [2.24, 2.45) is 11.3 Å². The first-order valence-electron chi connectivity index (χ1n) is 7.32. The van der Waals surface area contributed by atoms with Crippen molar-refractivity contribution < 1.29 is 30.6 Å². The lowest BCUT2D eigenvalue weighted by Crippen LogP contribution is -2.32. The van der Waals surface area contributed by atoms with Gasteiger partial charge in [0.25, 0.3) is 0 Å². The molecule has 0 saturated carbocycles. The van der Waals surface area contributed by atoms with Crippen molar-refractivity contribution in [3.05, 3.63) is 0 Å². The molecule has 1 atom stereocenters. The molecule has 0 saturated heterocycles. The van der Waals surface area contributed by atoms with E-state index in [2.05, 4.69) is 0 Å². The Morgan fingerprint density at radius 2 is 1.00 bits per heavy atom. The second-order valence-electron chi connectivity index (χ2n) is 5.73. The molecule has 6 heteroatoms. The lowest BCUT2D eigenvalue weighted by atomic mass is 9.66. The topological polar surface area (TPSA) is 121 Å². The van der Waals surface area contributed by atoms with Gasteiger partial charge in [0.1, 0.15) is 0 Å². The minimum Gasteiger partial charge on any atom is -0.368 e. The molecular formula is C14H30O6. The Bertz CT molecular complexity index is 211. The molecule has 6 N–H and O–H groups in total. The van der Waals surface area contributed by atoms with E-state index in [9.17, 15) is 0 Å². The van der Waals surface area contributed by atoms with Gasteiger partial charge in [-0.05, 0) is 49.9 Å². The zero-order valence-corrected chi connectivity index (χ0v) is 12.4. The van der Waals surface area contributed by atoms with Gasteiger partial charge in [0.05, 0.1) is 0 Å². The molecule has 0 rings (SSSR count). The summed E-state index contributed by atoms with van der Waals surface area (Å²) in [6, 6.07) is 0. The number of aliphatic hydroxyl groups excluding tert-OH is 3. The zero-order valence-electron chi connectivity index (χ0n) is 12.4. The lowest BCUT2D eigenvalue weighted by Gasteiger charge is -2.40. The highest BCUT2D eigenvalue weighted by atomic mass is 16.5. The molecule has 0 aromatic heterocycles. The molecular weight excluding hydrogens is 264 g/mol. The van der Waals surface area contributed by atoms with Gasteiger partial charge in [0.15, 0.2) is 18.9 Å².